The molecule has 16 heavy (non-hydrogen) atoms. The Bertz CT molecular complexity index is 461. The van der Waals surface area contributed by atoms with Gasteiger partial charge in [-0.3, -0.25) is 0 Å². The van der Waals surface area contributed by atoms with Crippen LogP contribution in [0.15, 0.2) is 36.7 Å². The zero-order valence-corrected chi connectivity index (χ0v) is 11.3. The Hall–Kier alpha value is -0.880. The van der Waals surface area contributed by atoms with E-state index in [1.807, 2.05) is 29.2 Å². The Balaban J connectivity index is 2.25. The maximum atomic E-state index is 5.96. The predicted molar refractivity (Wildman–Crippen MR) is 73.5 cm³/mol. The number of aromatic nitrogens is 2. The van der Waals surface area contributed by atoms with E-state index in [0.717, 1.165) is 15.7 Å². The molecule has 2 aromatic rings. The summed E-state index contributed by atoms with van der Waals surface area (Å²) in [5.74, 6) is 0. The average Bonchev–Trinajstić information content (AvgIpc) is 2.75. The monoisotopic (exact) mass is 327 g/mol. The minimum absolute atomic E-state index is 0.131. The van der Waals surface area contributed by atoms with Crippen molar-refractivity contribution >= 4 is 22.6 Å². The second kappa shape index (κ2) is 4.97. The summed E-state index contributed by atoms with van der Waals surface area (Å²) < 4.78 is 3.00. The first-order valence-corrected chi connectivity index (χ1v) is 6.34. The van der Waals surface area contributed by atoms with Crippen molar-refractivity contribution in [2.45, 2.75) is 19.4 Å². The fourth-order valence-corrected chi connectivity index (χ4v) is 1.94. The van der Waals surface area contributed by atoms with Gasteiger partial charge in [0.25, 0.3) is 0 Å². The van der Waals surface area contributed by atoms with E-state index in [0.29, 0.717) is 0 Å². The van der Waals surface area contributed by atoms with E-state index in [-0.39, 0.29) is 6.04 Å². The molecule has 0 spiro atoms. The summed E-state index contributed by atoms with van der Waals surface area (Å²) in [6.45, 7) is 2.09. The van der Waals surface area contributed by atoms with Crippen molar-refractivity contribution in [3.63, 3.8) is 0 Å². The predicted octanol–water partition coefficient (Wildman–Crippen LogP) is 2.89. The van der Waals surface area contributed by atoms with E-state index < -0.39 is 0 Å². The molecule has 1 atom stereocenters. The zero-order valence-electron chi connectivity index (χ0n) is 9.10. The van der Waals surface area contributed by atoms with Crippen molar-refractivity contribution in [1.29, 1.82) is 0 Å². The van der Waals surface area contributed by atoms with Crippen LogP contribution < -0.4 is 5.73 Å². The number of hydrogen-bond acceptors (Lipinski definition) is 2. The first-order valence-electron chi connectivity index (χ1n) is 5.27. The van der Waals surface area contributed by atoms with Crippen molar-refractivity contribution in [2.24, 2.45) is 5.73 Å². The quantitative estimate of drug-likeness (QED) is 0.881. The van der Waals surface area contributed by atoms with E-state index in [1.165, 1.54) is 5.56 Å². The van der Waals surface area contributed by atoms with Crippen molar-refractivity contribution in [2.75, 3.05) is 0 Å². The maximum absolute atomic E-state index is 5.96. The van der Waals surface area contributed by atoms with Crippen LogP contribution >= 0.6 is 22.6 Å². The number of halogens is 1. The van der Waals surface area contributed by atoms with Crippen LogP contribution in [0.25, 0.3) is 5.69 Å². The summed E-state index contributed by atoms with van der Waals surface area (Å²) in [5, 5.41) is 4.26. The van der Waals surface area contributed by atoms with Gasteiger partial charge in [0.15, 0.2) is 0 Å². The minimum Gasteiger partial charge on any atom is -0.324 e. The standard InChI is InChI=1S/C12H14IN3/c1-2-12(14)9-3-5-11(6-4-9)16-8-10(13)7-15-16/h3-8,12H,2,14H2,1H3. The van der Waals surface area contributed by atoms with Crippen LogP contribution in [0.5, 0.6) is 0 Å². The third-order valence-electron chi connectivity index (χ3n) is 2.58. The van der Waals surface area contributed by atoms with Crippen LogP contribution in [-0.4, -0.2) is 9.78 Å². The Morgan fingerprint density at radius 2 is 2.06 bits per heavy atom. The molecule has 3 nitrogen and oxygen atoms in total. The molecular weight excluding hydrogens is 313 g/mol. The lowest BCUT2D eigenvalue weighted by atomic mass is 10.1. The average molecular weight is 327 g/mol. The van der Waals surface area contributed by atoms with E-state index >= 15 is 0 Å². The molecule has 0 fully saturated rings. The van der Waals surface area contributed by atoms with Crippen LogP contribution in [0.2, 0.25) is 0 Å². The molecule has 0 radical (unpaired) electrons. The van der Waals surface area contributed by atoms with Gasteiger partial charge < -0.3 is 5.73 Å². The highest BCUT2D eigenvalue weighted by Crippen LogP contribution is 2.16. The molecule has 0 saturated heterocycles. The van der Waals surface area contributed by atoms with E-state index in [2.05, 4.69) is 46.7 Å². The van der Waals surface area contributed by atoms with Gasteiger partial charge in [0.1, 0.15) is 0 Å². The Morgan fingerprint density at radius 3 is 2.56 bits per heavy atom. The van der Waals surface area contributed by atoms with Crippen LogP contribution in [0.1, 0.15) is 24.9 Å². The number of benzene rings is 1. The van der Waals surface area contributed by atoms with Gasteiger partial charge in [-0.05, 0) is 46.7 Å². The molecule has 0 amide bonds. The summed E-state index contributed by atoms with van der Waals surface area (Å²) in [5.41, 5.74) is 8.20. The second-order valence-electron chi connectivity index (χ2n) is 3.71. The summed E-state index contributed by atoms with van der Waals surface area (Å²) in [6, 6.07) is 8.37. The summed E-state index contributed by atoms with van der Waals surface area (Å²) >= 11 is 2.25. The lowest BCUT2D eigenvalue weighted by Crippen LogP contribution is -2.08. The minimum atomic E-state index is 0.131. The van der Waals surface area contributed by atoms with Crippen LogP contribution in [0.4, 0.5) is 0 Å². The first-order chi connectivity index (χ1) is 7.70. The van der Waals surface area contributed by atoms with Gasteiger partial charge in [-0.1, -0.05) is 19.1 Å². The molecule has 1 unspecified atom stereocenters. The molecule has 4 heteroatoms. The van der Waals surface area contributed by atoms with Crippen molar-refractivity contribution in [3.05, 3.63) is 45.8 Å². The third kappa shape index (κ3) is 2.44. The molecular formula is C12H14IN3. The van der Waals surface area contributed by atoms with Gasteiger partial charge in [0.2, 0.25) is 0 Å². The zero-order chi connectivity index (χ0) is 11.5. The Labute approximate surface area is 109 Å². The second-order valence-corrected chi connectivity index (χ2v) is 4.96. The van der Waals surface area contributed by atoms with Gasteiger partial charge in [0, 0.05) is 12.2 Å². The number of hydrogen-bond donors (Lipinski definition) is 1. The number of rotatable bonds is 3. The molecule has 1 aromatic heterocycles. The van der Waals surface area contributed by atoms with E-state index in [4.69, 9.17) is 5.73 Å². The van der Waals surface area contributed by atoms with Gasteiger partial charge in [-0.25, -0.2) is 4.68 Å². The van der Waals surface area contributed by atoms with Crippen LogP contribution in [0.3, 0.4) is 0 Å². The van der Waals surface area contributed by atoms with E-state index in [1.54, 1.807) is 0 Å². The van der Waals surface area contributed by atoms with Gasteiger partial charge in [-0.2, -0.15) is 5.10 Å². The fraction of sp³-hybridized carbons (Fsp3) is 0.250. The first kappa shape index (κ1) is 11.6. The smallest absolute Gasteiger partial charge is 0.0646 e. The number of nitrogens with zero attached hydrogens (tertiary/aromatic N) is 2. The highest BCUT2D eigenvalue weighted by molar-refractivity contribution is 14.1. The Morgan fingerprint density at radius 1 is 1.38 bits per heavy atom. The summed E-state index contributed by atoms with van der Waals surface area (Å²) in [6.07, 6.45) is 4.79. The Kier molecular flexibility index (Phi) is 3.60. The number of nitrogens with two attached hydrogens (primary N) is 1. The lowest BCUT2D eigenvalue weighted by molar-refractivity contribution is 0.698. The van der Waals surface area contributed by atoms with Crippen molar-refractivity contribution in [3.8, 4) is 5.69 Å². The maximum Gasteiger partial charge on any atom is 0.0646 e. The topological polar surface area (TPSA) is 43.8 Å². The normalized spacial score (nSPS) is 12.7. The van der Waals surface area contributed by atoms with Gasteiger partial charge in [-0.15, -0.1) is 0 Å². The fourth-order valence-electron chi connectivity index (χ4n) is 1.55. The van der Waals surface area contributed by atoms with Gasteiger partial charge >= 0.3 is 0 Å². The molecule has 1 aromatic carbocycles. The largest absolute Gasteiger partial charge is 0.324 e. The van der Waals surface area contributed by atoms with E-state index in [9.17, 15) is 0 Å². The van der Waals surface area contributed by atoms with Crippen LogP contribution in [0, 0.1) is 3.57 Å². The molecule has 84 valence electrons. The summed E-state index contributed by atoms with van der Waals surface area (Å²) in [4.78, 5) is 0. The highest BCUT2D eigenvalue weighted by Gasteiger charge is 2.03. The van der Waals surface area contributed by atoms with Gasteiger partial charge in [0.05, 0.1) is 15.5 Å². The summed E-state index contributed by atoms with van der Waals surface area (Å²) in [7, 11) is 0. The molecule has 2 rings (SSSR count). The third-order valence-corrected chi connectivity index (χ3v) is 3.13. The molecule has 2 N–H and O–H groups in total. The van der Waals surface area contributed by atoms with Crippen molar-refractivity contribution in [1.82, 2.24) is 9.78 Å². The molecule has 0 bridgehead atoms. The molecule has 0 saturated carbocycles. The van der Waals surface area contributed by atoms with Crippen LogP contribution in [-0.2, 0) is 0 Å². The lowest BCUT2D eigenvalue weighted by Gasteiger charge is -2.09. The SMILES string of the molecule is CCC(N)c1ccc(-n2cc(I)cn2)cc1. The molecule has 1 heterocycles. The highest BCUT2D eigenvalue weighted by atomic mass is 127. The molecule has 0 aliphatic rings. The molecule has 0 aliphatic heterocycles. The van der Waals surface area contributed by atoms with Crippen molar-refractivity contribution < 1.29 is 0 Å². The molecule has 0 aliphatic carbocycles.